The topological polar surface area (TPSA) is 0 Å². The fourth-order valence-electron chi connectivity index (χ4n) is 1.40. The standard InChI is InChI=1S/C13H11.W/c1-11-6-5-9-13(10-11)12-7-3-2-4-8-12;/h2-3,5-10H,1H3;/q-1;. The largest absolute Gasteiger partial charge is 0.183 e. The van der Waals surface area contributed by atoms with Gasteiger partial charge in [0, 0.05) is 21.1 Å². The molecule has 0 radical (unpaired) electrons. The van der Waals surface area contributed by atoms with Gasteiger partial charge in [0.15, 0.2) is 0 Å². The van der Waals surface area contributed by atoms with E-state index in [9.17, 15) is 0 Å². The third kappa shape index (κ3) is 2.56. The van der Waals surface area contributed by atoms with E-state index in [1.54, 1.807) is 0 Å². The van der Waals surface area contributed by atoms with E-state index in [1.807, 2.05) is 18.2 Å². The first kappa shape index (κ1) is 11.2. The monoisotopic (exact) mass is 351 g/mol. The van der Waals surface area contributed by atoms with Gasteiger partial charge in [0.25, 0.3) is 0 Å². The fraction of sp³-hybridized carbons (Fsp3) is 0.0769. The molecule has 2 aromatic rings. The first-order valence-corrected chi connectivity index (χ1v) is 4.39. The first-order valence-electron chi connectivity index (χ1n) is 4.39. The van der Waals surface area contributed by atoms with E-state index < -0.39 is 0 Å². The molecule has 0 aliphatic carbocycles. The first-order chi connectivity index (χ1) is 6.36. The van der Waals surface area contributed by atoms with Crippen LogP contribution in [0.25, 0.3) is 11.1 Å². The number of aryl methyl sites for hydroxylation is 1. The van der Waals surface area contributed by atoms with Gasteiger partial charge in [-0.15, -0.1) is 5.56 Å². The van der Waals surface area contributed by atoms with Crippen LogP contribution in [0.3, 0.4) is 0 Å². The Hall–Kier alpha value is -0.872. The van der Waals surface area contributed by atoms with Crippen molar-refractivity contribution in [2.45, 2.75) is 6.92 Å². The van der Waals surface area contributed by atoms with Crippen LogP contribution in [0, 0.1) is 13.0 Å². The van der Waals surface area contributed by atoms with E-state index in [0.717, 1.165) is 0 Å². The number of hydrogen-bond acceptors (Lipinski definition) is 0. The van der Waals surface area contributed by atoms with E-state index in [-0.39, 0.29) is 21.1 Å². The van der Waals surface area contributed by atoms with Crippen molar-refractivity contribution in [3.05, 3.63) is 60.2 Å². The zero-order chi connectivity index (χ0) is 9.10. The molecule has 0 aliphatic heterocycles. The molecular formula is C13H11W-. The molecule has 2 rings (SSSR count). The molecule has 0 saturated carbocycles. The Morgan fingerprint density at radius 3 is 2.43 bits per heavy atom. The van der Waals surface area contributed by atoms with Crippen molar-refractivity contribution in [1.82, 2.24) is 0 Å². The van der Waals surface area contributed by atoms with Crippen molar-refractivity contribution in [2.75, 3.05) is 0 Å². The molecule has 70 valence electrons. The van der Waals surface area contributed by atoms with Crippen molar-refractivity contribution < 1.29 is 21.1 Å². The summed E-state index contributed by atoms with van der Waals surface area (Å²) in [6.45, 7) is 2.11. The second-order valence-electron chi connectivity index (χ2n) is 3.16. The molecule has 0 saturated heterocycles. The molecule has 0 aliphatic rings. The van der Waals surface area contributed by atoms with Crippen molar-refractivity contribution in [2.24, 2.45) is 0 Å². The summed E-state index contributed by atoms with van der Waals surface area (Å²) >= 11 is 0. The summed E-state index contributed by atoms with van der Waals surface area (Å²) in [6.07, 6.45) is 0. The summed E-state index contributed by atoms with van der Waals surface area (Å²) in [5, 5.41) is 0. The second-order valence-corrected chi connectivity index (χ2v) is 3.16. The van der Waals surface area contributed by atoms with E-state index in [1.165, 1.54) is 16.7 Å². The van der Waals surface area contributed by atoms with Gasteiger partial charge >= 0.3 is 0 Å². The summed E-state index contributed by atoms with van der Waals surface area (Å²) in [6, 6.07) is 19.6. The van der Waals surface area contributed by atoms with Gasteiger partial charge in [0.05, 0.1) is 0 Å². The third-order valence-corrected chi connectivity index (χ3v) is 2.06. The van der Waals surface area contributed by atoms with Crippen LogP contribution in [0.1, 0.15) is 5.56 Å². The van der Waals surface area contributed by atoms with Gasteiger partial charge in [-0.2, -0.15) is 30.3 Å². The predicted molar refractivity (Wildman–Crippen MR) is 55.5 cm³/mol. The molecule has 0 aromatic heterocycles. The summed E-state index contributed by atoms with van der Waals surface area (Å²) < 4.78 is 0. The average Bonchev–Trinajstić information content (AvgIpc) is 2.19. The molecule has 2 aromatic carbocycles. The smallest absolute Gasteiger partial charge is 0 e. The number of rotatable bonds is 1. The Bertz CT molecular complexity index is 393. The number of benzene rings is 2. The third-order valence-electron chi connectivity index (χ3n) is 2.06. The van der Waals surface area contributed by atoms with Gasteiger partial charge < -0.3 is 0 Å². The molecule has 0 fully saturated rings. The van der Waals surface area contributed by atoms with Gasteiger partial charge in [-0.05, 0) is 6.92 Å². The van der Waals surface area contributed by atoms with Crippen molar-refractivity contribution in [1.29, 1.82) is 0 Å². The Morgan fingerprint density at radius 1 is 1.00 bits per heavy atom. The normalized spacial score (nSPS) is 9.21. The molecule has 0 atom stereocenters. The van der Waals surface area contributed by atoms with Crippen LogP contribution in [0.15, 0.2) is 48.5 Å². The van der Waals surface area contributed by atoms with Gasteiger partial charge in [-0.25, -0.2) is 0 Å². The molecule has 0 spiro atoms. The summed E-state index contributed by atoms with van der Waals surface area (Å²) in [4.78, 5) is 0. The van der Waals surface area contributed by atoms with E-state index in [4.69, 9.17) is 0 Å². The Kier molecular flexibility index (Phi) is 4.10. The molecule has 1 heteroatoms. The minimum absolute atomic E-state index is 0. The maximum atomic E-state index is 3.08. The van der Waals surface area contributed by atoms with Crippen LogP contribution in [0.4, 0.5) is 0 Å². The van der Waals surface area contributed by atoms with Crippen LogP contribution in [-0.2, 0) is 21.1 Å². The molecule has 0 unspecified atom stereocenters. The van der Waals surface area contributed by atoms with Crippen LogP contribution in [0.5, 0.6) is 0 Å². The van der Waals surface area contributed by atoms with Crippen LogP contribution in [-0.4, -0.2) is 0 Å². The maximum Gasteiger partial charge on any atom is 0 e. The zero-order valence-electron chi connectivity index (χ0n) is 8.03. The van der Waals surface area contributed by atoms with Crippen molar-refractivity contribution in [3.63, 3.8) is 0 Å². The molecule has 14 heavy (non-hydrogen) atoms. The van der Waals surface area contributed by atoms with E-state index in [2.05, 4.69) is 43.3 Å². The predicted octanol–water partition coefficient (Wildman–Crippen LogP) is 3.46. The van der Waals surface area contributed by atoms with E-state index in [0.29, 0.717) is 0 Å². The van der Waals surface area contributed by atoms with Crippen molar-refractivity contribution >= 4 is 0 Å². The van der Waals surface area contributed by atoms with Gasteiger partial charge in [0.2, 0.25) is 0 Å². The van der Waals surface area contributed by atoms with Gasteiger partial charge in [-0.1, -0.05) is 35.4 Å². The number of hydrogen-bond donors (Lipinski definition) is 0. The summed E-state index contributed by atoms with van der Waals surface area (Å²) in [7, 11) is 0. The molecular weight excluding hydrogens is 340 g/mol. The van der Waals surface area contributed by atoms with Gasteiger partial charge in [-0.3, -0.25) is 0 Å². The second kappa shape index (κ2) is 5.12. The minimum Gasteiger partial charge on any atom is -0.183 e. The Labute approximate surface area is 99.2 Å². The van der Waals surface area contributed by atoms with Crippen LogP contribution < -0.4 is 0 Å². The SMILES string of the molecule is Cc1cccc(-c2c[c-]ccc2)c1.[W]. The Balaban J connectivity index is 0.000000980. The summed E-state index contributed by atoms with van der Waals surface area (Å²) in [5.74, 6) is 0. The minimum atomic E-state index is 0. The van der Waals surface area contributed by atoms with Crippen molar-refractivity contribution in [3.8, 4) is 11.1 Å². The van der Waals surface area contributed by atoms with E-state index >= 15 is 0 Å². The molecule has 0 heterocycles. The van der Waals surface area contributed by atoms with Crippen LogP contribution in [0.2, 0.25) is 0 Å². The molecule has 0 amide bonds. The molecule has 0 nitrogen and oxygen atoms in total. The van der Waals surface area contributed by atoms with Crippen LogP contribution >= 0.6 is 0 Å². The average molecular weight is 351 g/mol. The van der Waals surface area contributed by atoms with Gasteiger partial charge in [0.1, 0.15) is 0 Å². The fourth-order valence-corrected chi connectivity index (χ4v) is 1.40. The molecule has 0 N–H and O–H groups in total. The summed E-state index contributed by atoms with van der Waals surface area (Å²) in [5.41, 5.74) is 3.78. The maximum absolute atomic E-state index is 3.08. The Morgan fingerprint density at radius 2 is 1.79 bits per heavy atom. The quantitative estimate of drug-likeness (QED) is 0.691. The molecule has 0 bridgehead atoms. The zero-order valence-corrected chi connectivity index (χ0v) is 11.0.